The normalized spacial score (nSPS) is 18.5. The summed E-state index contributed by atoms with van der Waals surface area (Å²) in [5.41, 5.74) is 8.86. The van der Waals surface area contributed by atoms with Crippen LogP contribution in [0, 0.1) is 0 Å². The first-order valence-corrected chi connectivity index (χ1v) is 8.79. The SMILES string of the molecule is CC(C)c1nc(C2CCSC2)c(N)n1Cc1ccccc1. The lowest BCUT2D eigenvalue weighted by molar-refractivity contribution is 0.673. The molecule has 0 aliphatic carbocycles. The van der Waals surface area contributed by atoms with Crippen molar-refractivity contribution in [3.8, 4) is 0 Å². The molecule has 0 radical (unpaired) electrons. The van der Waals surface area contributed by atoms with Crippen molar-refractivity contribution in [3.05, 3.63) is 47.4 Å². The molecule has 0 spiro atoms. The van der Waals surface area contributed by atoms with Crippen LogP contribution in [-0.2, 0) is 6.54 Å². The molecule has 0 amide bonds. The molecule has 4 heteroatoms. The summed E-state index contributed by atoms with van der Waals surface area (Å²) in [6, 6.07) is 10.5. The molecule has 3 nitrogen and oxygen atoms in total. The average molecular weight is 301 g/mol. The first-order valence-electron chi connectivity index (χ1n) is 7.64. The highest BCUT2D eigenvalue weighted by Gasteiger charge is 2.26. The Bertz CT molecular complexity index is 598. The zero-order valence-corrected chi connectivity index (χ0v) is 13.6. The molecule has 1 aliphatic heterocycles. The molecule has 1 aromatic carbocycles. The zero-order valence-electron chi connectivity index (χ0n) is 12.7. The van der Waals surface area contributed by atoms with Crippen molar-refractivity contribution in [2.75, 3.05) is 17.2 Å². The molecule has 3 rings (SSSR count). The van der Waals surface area contributed by atoms with Gasteiger partial charge in [0.1, 0.15) is 11.6 Å². The molecule has 1 atom stereocenters. The Kier molecular flexibility index (Phi) is 4.24. The molecule has 0 saturated carbocycles. The van der Waals surface area contributed by atoms with Crippen molar-refractivity contribution in [1.29, 1.82) is 0 Å². The van der Waals surface area contributed by atoms with Crippen LogP contribution in [0.25, 0.3) is 0 Å². The highest BCUT2D eigenvalue weighted by molar-refractivity contribution is 7.99. The van der Waals surface area contributed by atoms with Gasteiger partial charge in [-0.2, -0.15) is 11.8 Å². The Balaban J connectivity index is 1.97. The van der Waals surface area contributed by atoms with E-state index in [4.69, 9.17) is 10.7 Å². The Labute approximate surface area is 131 Å². The van der Waals surface area contributed by atoms with Crippen LogP contribution in [0.15, 0.2) is 30.3 Å². The van der Waals surface area contributed by atoms with Crippen LogP contribution >= 0.6 is 11.8 Å². The Hall–Kier alpha value is -1.42. The lowest BCUT2D eigenvalue weighted by Crippen LogP contribution is -2.10. The molecule has 0 bridgehead atoms. The number of imidazole rings is 1. The summed E-state index contributed by atoms with van der Waals surface area (Å²) in [6.07, 6.45) is 1.20. The summed E-state index contributed by atoms with van der Waals surface area (Å²) in [5, 5.41) is 0. The van der Waals surface area contributed by atoms with E-state index in [1.807, 2.05) is 17.8 Å². The van der Waals surface area contributed by atoms with Gasteiger partial charge < -0.3 is 10.3 Å². The number of hydrogen-bond acceptors (Lipinski definition) is 3. The average Bonchev–Trinajstić information content (AvgIpc) is 3.09. The van der Waals surface area contributed by atoms with E-state index in [0.29, 0.717) is 11.8 Å². The zero-order chi connectivity index (χ0) is 14.8. The molecule has 1 aliphatic rings. The van der Waals surface area contributed by atoms with Gasteiger partial charge >= 0.3 is 0 Å². The van der Waals surface area contributed by atoms with Crippen molar-refractivity contribution in [2.45, 2.75) is 38.6 Å². The van der Waals surface area contributed by atoms with E-state index in [1.165, 1.54) is 17.7 Å². The molecule has 1 fully saturated rings. The minimum atomic E-state index is 0.388. The van der Waals surface area contributed by atoms with Gasteiger partial charge in [0, 0.05) is 17.6 Å². The summed E-state index contributed by atoms with van der Waals surface area (Å²) in [7, 11) is 0. The molecule has 21 heavy (non-hydrogen) atoms. The maximum atomic E-state index is 6.46. The summed E-state index contributed by atoms with van der Waals surface area (Å²) in [4.78, 5) is 4.91. The number of hydrogen-bond donors (Lipinski definition) is 1. The van der Waals surface area contributed by atoms with Crippen LogP contribution in [-0.4, -0.2) is 21.1 Å². The fourth-order valence-electron chi connectivity index (χ4n) is 2.93. The smallest absolute Gasteiger partial charge is 0.127 e. The maximum Gasteiger partial charge on any atom is 0.127 e. The number of aromatic nitrogens is 2. The lowest BCUT2D eigenvalue weighted by atomic mass is 10.1. The van der Waals surface area contributed by atoms with Crippen molar-refractivity contribution in [1.82, 2.24) is 9.55 Å². The quantitative estimate of drug-likeness (QED) is 0.932. The van der Waals surface area contributed by atoms with Crippen LogP contribution in [0.2, 0.25) is 0 Å². The summed E-state index contributed by atoms with van der Waals surface area (Å²) < 4.78 is 2.21. The molecule has 1 aromatic heterocycles. The predicted molar refractivity (Wildman–Crippen MR) is 91.0 cm³/mol. The second-order valence-corrected chi connectivity index (χ2v) is 7.18. The van der Waals surface area contributed by atoms with E-state index in [1.54, 1.807) is 0 Å². The fourth-order valence-corrected chi connectivity index (χ4v) is 4.15. The van der Waals surface area contributed by atoms with Gasteiger partial charge in [-0.15, -0.1) is 0 Å². The molecule has 112 valence electrons. The summed E-state index contributed by atoms with van der Waals surface area (Å²) in [6.45, 7) is 5.19. The third-order valence-corrected chi connectivity index (χ3v) is 5.24. The minimum Gasteiger partial charge on any atom is -0.384 e. The highest BCUT2D eigenvalue weighted by atomic mass is 32.2. The highest BCUT2D eigenvalue weighted by Crippen LogP contribution is 2.36. The van der Waals surface area contributed by atoms with E-state index in [-0.39, 0.29) is 0 Å². The maximum absolute atomic E-state index is 6.46. The summed E-state index contributed by atoms with van der Waals surface area (Å²) >= 11 is 2.01. The molecule has 2 heterocycles. The third kappa shape index (κ3) is 2.95. The van der Waals surface area contributed by atoms with Crippen LogP contribution in [0.1, 0.15) is 49.2 Å². The molecule has 2 N–H and O–H groups in total. The van der Waals surface area contributed by atoms with Crippen molar-refractivity contribution >= 4 is 17.6 Å². The Morgan fingerprint density at radius 3 is 2.71 bits per heavy atom. The molecular weight excluding hydrogens is 278 g/mol. The minimum absolute atomic E-state index is 0.388. The molecule has 1 saturated heterocycles. The molecule has 1 unspecified atom stereocenters. The standard InChI is InChI=1S/C17H23N3S/c1-12(2)17-19-15(14-8-9-21-11-14)16(18)20(17)10-13-6-4-3-5-7-13/h3-7,12,14H,8-11,18H2,1-2H3. The van der Waals surface area contributed by atoms with E-state index in [2.05, 4.69) is 42.7 Å². The van der Waals surface area contributed by atoms with Crippen LogP contribution in [0.4, 0.5) is 5.82 Å². The number of thioether (sulfide) groups is 1. The van der Waals surface area contributed by atoms with Crippen molar-refractivity contribution in [2.24, 2.45) is 0 Å². The van der Waals surface area contributed by atoms with E-state index >= 15 is 0 Å². The van der Waals surface area contributed by atoms with Crippen LogP contribution < -0.4 is 5.73 Å². The van der Waals surface area contributed by atoms with Crippen LogP contribution in [0.3, 0.4) is 0 Å². The molecular formula is C17H23N3S. The predicted octanol–water partition coefficient (Wildman–Crippen LogP) is 3.86. The largest absolute Gasteiger partial charge is 0.384 e. The van der Waals surface area contributed by atoms with Gasteiger partial charge in [0.15, 0.2) is 0 Å². The van der Waals surface area contributed by atoms with Crippen LogP contribution in [0.5, 0.6) is 0 Å². The third-order valence-electron chi connectivity index (χ3n) is 4.08. The number of rotatable bonds is 4. The topological polar surface area (TPSA) is 43.8 Å². The fraction of sp³-hybridized carbons (Fsp3) is 0.471. The van der Waals surface area contributed by atoms with Gasteiger partial charge in [0.2, 0.25) is 0 Å². The number of benzene rings is 1. The Morgan fingerprint density at radius 1 is 1.33 bits per heavy atom. The first-order chi connectivity index (χ1) is 10.2. The first kappa shape index (κ1) is 14.5. The van der Waals surface area contributed by atoms with E-state index in [9.17, 15) is 0 Å². The van der Waals surface area contributed by atoms with Crippen molar-refractivity contribution in [3.63, 3.8) is 0 Å². The number of anilines is 1. The Morgan fingerprint density at radius 2 is 2.10 bits per heavy atom. The summed E-state index contributed by atoms with van der Waals surface area (Å²) in [5.74, 6) is 5.29. The van der Waals surface area contributed by atoms with Gasteiger partial charge in [-0.3, -0.25) is 0 Å². The second-order valence-electron chi connectivity index (χ2n) is 6.03. The van der Waals surface area contributed by atoms with E-state index < -0.39 is 0 Å². The molecule has 2 aromatic rings. The van der Waals surface area contributed by atoms with Gasteiger partial charge in [0.25, 0.3) is 0 Å². The van der Waals surface area contributed by atoms with Gasteiger partial charge in [-0.1, -0.05) is 44.2 Å². The van der Waals surface area contributed by atoms with Gasteiger partial charge in [0.05, 0.1) is 12.2 Å². The van der Waals surface area contributed by atoms with Crippen molar-refractivity contribution < 1.29 is 0 Å². The monoisotopic (exact) mass is 301 g/mol. The lowest BCUT2D eigenvalue weighted by Gasteiger charge is -2.12. The number of nitrogens with zero attached hydrogens (tertiary/aromatic N) is 2. The van der Waals surface area contributed by atoms with Gasteiger partial charge in [-0.25, -0.2) is 4.98 Å². The number of nitrogen functional groups attached to an aromatic ring is 1. The van der Waals surface area contributed by atoms with Gasteiger partial charge in [-0.05, 0) is 17.7 Å². The van der Waals surface area contributed by atoms with E-state index in [0.717, 1.165) is 29.6 Å². The second kappa shape index (κ2) is 6.14. The number of nitrogens with two attached hydrogens (primary N) is 1.